The van der Waals surface area contributed by atoms with Gasteiger partial charge in [0.15, 0.2) is 0 Å². The highest BCUT2D eigenvalue weighted by Crippen LogP contribution is 2.21. The van der Waals surface area contributed by atoms with E-state index in [0.29, 0.717) is 6.54 Å². The second kappa shape index (κ2) is 10.0. The van der Waals surface area contributed by atoms with E-state index in [1.807, 2.05) is 0 Å². The van der Waals surface area contributed by atoms with Crippen molar-refractivity contribution in [3.63, 3.8) is 0 Å². The summed E-state index contributed by atoms with van der Waals surface area (Å²) < 4.78 is 2.29. The molecule has 0 fully saturated rings. The molecule has 0 saturated heterocycles. The molecule has 0 atom stereocenters. The highest BCUT2D eigenvalue weighted by Gasteiger charge is 2.06. The summed E-state index contributed by atoms with van der Waals surface area (Å²) in [6.45, 7) is 7.53. The van der Waals surface area contributed by atoms with Crippen molar-refractivity contribution in [1.82, 2.24) is 9.88 Å². The molecule has 0 aliphatic rings. The fourth-order valence-electron chi connectivity index (χ4n) is 3.77. The van der Waals surface area contributed by atoms with Crippen LogP contribution in [0.1, 0.15) is 29.3 Å². The van der Waals surface area contributed by atoms with Gasteiger partial charge in [-0.05, 0) is 61.2 Å². The zero-order valence-electron chi connectivity index (χ0n) is 18.3. The summed E-state index contributed by atoms with van der Waals surface area (Å²) in [5.74, 6) is 6.63. The molecule has 3 aromatic carbocycles. The third kappa shape index (κ3) is 5.36. The van der Waals surface area contributed by atoms with Crippen LogP contribution in [0, 0.1) is 18.8 Å². The maximum Gasteiger partial charge on any atom is 0.0931 e. The van der Waals surface area contributed by atoms with E-state index < -0.39 is 0 Å². The Kier molecular flexibility index (Phi) is 6.72. The molecule has 0 amide bonds. The SMILES string of the molecule is CCn1c(C#CCNc2ccc(C)cc2)cc2cc(CNCc3ccccc3)ccc21. The Labute approximate surface area is 185 Å². The number of benzene rings is 3. The van der Waals surface area contributed by atoms with Gasteiger partial charge in [0.2, 0.25) is 0 Å². The van der Waals surface area contributed by atoms with Gasteiger partial charge in [-0.1, -0.05) is 60.0 Å². The quantitative estimate of drug-likeness (QED) is 0.384. The van der Waals surface area contributed by atoms with E-state index in [4.69, 9.17) is 0 Å². The van der Waals surface area contributed by atoms with E-state index >= 15 is 0 Å². The van der Waals surface area contributed by atoms with Crippen molar-refractivity contribution >= 4 is 16.6 Å². The lowest BCUT2D eigenvalue weighted by molar-refractivity contribution is 0.694. The average molecular weight is 408 g/mol. The van der Waals surface area contributed by atoms with Crippen LogP contribution < -0.4 is 10.6 Å². The first-order valence-corrected chi connectivity index (χ1v) is 10.9. The van der Waals surface area contributed by atoms with Crippen molar-refractivity contribution in [2.45, 2.75) is 33.5 Å². The van der Waals surface area contributed by atoms with Crippen LogP contribution in [-0.4, -0.2) is 11.1 Å². The molecule has 31 heavy (non-hydrogen) atoms. The van der Waals surface area contributed by atoms with E-state index in [1.165, 1.54) is 27.6 Å². The van der Waals surface area contributed by atoms with Crippen LogP contribution in [0.25, 0.3) is 10.9 Å². The molecule has 156 valence electrons. The monoisotopic (exact) mass is 407 g/mol. The molecule has 2 N–H and O–H groups in total. The van der Waals surface area contributed by atoms with Gasteiger partial charge in [0, 0.05) is 36.2 Å². The van der Waals surface area contributed by atoms with Crippen LogP contribution in [0.3, 0.4) is 0 Å². The molecular weight excluding hydrogens is 378 g/mol. The Morgan fingerprint density at radius 1 is 0.839 bits per heavy atom. The van der Waals surface area contributed by atoms with Gasteiger partial charge in [-0.2, -0.15) is 0 Å². The lowest BCUT2D eigenvalue weighted by atomic mass is 10.1. The smallest absolute Gasteiger partial charge is 0.0931 e. The number of nitrogens with one attached hydrogen (secondary N) is 2. The van der Waals surface area contributed by atoms with Crippen molar-refractivity contribution in [3.8, 4) is 11.8 Å². The van der Waals surface area contributed by atoms with Crippen LogP contribution in [-0.2, 0) is 19.6 Å². The molecule has 3 nitrogen and oxygen atoms in total. The highest BCUT2D eigenvalue weighted by atomic mass is 15.0. The van der Waals surface area contributed by atoms with E-state index in [9.17, 15) is 0 Å². The first-order chi connectivity index (χ1) is 15.2. The zero-order chi connectivity index (χ0) is 21.5. The number of fused-ring (bicyclic) bond motifs is 1. The minimum absolute atomic E-state index is 0.628. The van der Waals surface area contributed by atoms with Gasteiger partial charge in [-0.25, -0.2) is 0 Å². The first-order valence-electron chi connectivity index (χ1n) is 10.9. The molecule has 0 saturated carbocycles. The number of rotatable bonds is 7. The Morgan fingerprint density at radius 2 is 1.61 bits per heavy atom. The molecule has 0 spiro atoms. The molecule has 4 aromatic rings. The summed E-state index contributed by atoms with van der Waals surface area (Å²) in [4.78, 5) is 0. The van der Waals surface area contributed by atoms with Crippen molar-refractivity contribution in [2.24, 2.45) is 0 Å². The maximum atomic E-state index is 3.54. The van der Waals surface area contributed by atoms with E-state index in [0.717, 1.165) is 31.0 Å². The molecule has 3 heteroatoms. The summed E-state index contributed by atoms with van der Waals surface area (Å²) in [5, 5.41) is 8.15. The summed E-state index contributed by atoms with van der Waals surface area (Å²) in [7, 11) is 0. The number of nitrogens with zero attached hydrogens (tertiary/aromatic N) is 1. The van der Waals surface area contributed by atoms with Crippen LogP contribution >= 0.6 is 0 Å². The van der Waals surface area contributed by atoms with Crippen LogP contribution in [0.15, 0.2) is 78.9 Å². The normalized spacial score (nSPS) is 10.6. The minimum Gasteiger partial charge on any atom is -0.374 e. The second-order valence-corrected chi connectivity index (χ2v) is 7.78. The second-order valence-electron chi connectivity index (χ2n) is 7.78. The molecular formula is C28H29N3. The number of aryl methyl sites for hydroxylation is 2. The Bertz CT molecular complexity index is 1190. The molecule has 1 aromatic heterocycles. The van der Waals surface area contributed by atoms with Gasteiger partial charge in [-0.3, -0.25) is 0 Å². The molecule has 1 heterocycles. The van der Waals surface area contributed by atoms with E-state index in [1.54, 1.807) is 0 Å². The third-order valence-corrected chi connectivity index (χ3v) is 5.43. The maximum absolute atomic E-state index is 3.54. The average Bonchev–Trinajstić information content (AvgIpc) is 3.15. The third-order valence-electron chi connectivity index (χ3n) is 5.43. The highest BCUT2D eigenvalue weighted by molar-refractivity contribution is 5.83. The summed E-state index contributed by atoms with van der Waals surface area (Å²) in [6.07, 6.45) is 0. The van der Waals surface area contributed by atoms with Crippen LogP contribution in [0.2, 0.25) is 0 Å². The molecule has 0 bridgehead atoms. The van der Waals surface area contributed by atoms with Crippen molar-refractivity contribution < 1.29 is 0 Å². The predicted molar refractivity (Wildman–Crippen MR) is 131 cm³/mol. The fraction of sp³-hybridized carbons (Fsp3) is 0.214. The van der Waals surface area contributed by atoms with E-state index in [-0.39, 0.29) is 0 Å². The zero-order valence-corrected chi connectivity index (χ0v) is 18.3. The molecule has 4 rings (SSSR count). The summed E-state index contributed by atoms with van der Waals surface area (Å²) >= 11 is 0. The first kappa shape index (κ1) is 20.8. The van der Waals surface area contributed by atoms with Gasteiger partial charge in [0.1, 0.15) is 0 Å². The Balaban J connectivity index is 1.42. The summed E-state index contributed by atoms with van der Waals surface area (Å²) in [5.41, 5.74) is 7.26. The molecule has 0 unspecified atom stereocenters. The van der Waals surface area contributed by atoms with Gasteiger partial charge in [0.05, 0.1) is 12.2 Å². The largest absolute Gasteiger partial charge is 0.374 e. The molecule has 0 aliphatic heterocycles. The van der Waals surface area contributed by atoms with Gasteiger partial charge in [-0.15, -0.1) is 0 Å². The van der Waals surface area contributed by atoms with Gasteiger partial charge >= 0.3 is 0 Å². The summed E-state index contributed by atoms with van der Waals surface area (Å²) in [6, 6.07) is 27.8. The standard InChI is InChI=1S/C28H29N3/c1-3-31-27(10-7-17-30-26-14-11-22(2)12-15-26)19-25-18-24(13-16-28(25)31)21-29-20-23-8-5-4-6-9-23/h4-6,8-9,11-16,18-19,29-30H,3,17,20-21H2,1-2H3. The molecule has 0 aliphatic carbocycles. The minimum atomic E-state index is 0.628. The predicted octanol–water partition coefficient (Wildman–Crippen LogP) is 5.72. The lowest BCUT2D eigenvalue weighted by Crippen LogP contribution is -2.12. The number of aromatic nitrogens is 1. The van der Waals surface area contributed by atoms with Crippen molar-refractivity contribution in [3.05, 3.63) is 101 Å². The van der Waals surface area contributed by atoms with Gasteiger partial charge < -0.3 is 15.2 Å². The fourth-order valence-corrected chi connectivity index (χ4v) is 3.77. The number of hydrogen-bond acceptors (Lipinski definition) is 2. The van der Waals surface area contributed by atoms with Crippen molar-refractivity contribution in [2.75, 3.05) is 11.9 Å². The number of anilines is 1. The molecule has 0 radical (unpaired) electrons. The number of hydrogen-bond donors (Lipinski definition) is 2. The Hall–Kier alpha value is -3.48. The van der Waals surface area contributed by atoms with E-state index in [2.05, 4.69) is 120 Å². The lowest BCUT2D eigenvalue weighted by Gasteiger charge is -2.07. The Morgan fingerprint density at radius 3 is 2.39 bits per heavy atom. The topological polar surface area (TPSA) is 29.0 Å². The van der Waals surface area contributed by atoms with Crippen LogP contribution in [0.5, 0.6) is 0 Å². The van der Waals surface area contributed by atoms with Crippen LogP contribution in [0.4, 0.5) is 5.69 Å². The van der Waals surface area contributed by atoms with Crippen molar-refractivity contribution in [1.29, 1.82) is 0 Å². The van der Waals surface area contributed by atoms with Gasteiger partial charge in [0.25, 0.3) is 0 Å².